The normalized spacial score (nSPS) is 10.7. The minimum atomic E-state index is 0.590. The molecule has 0 spiro atoms. The molecule has 7 heteroatoms. The number of aromatic nitrogens is 3. The molecular formula is C11H13BrN4OS. The van der Waals surface area contributed by atoms with E-state index in [1.165, 1.54) is 18.1 Å². The van der Waals surface area contributed by atoms with Crippen LogP contribution in [0.15, 0.2) is 25.5 Å². The van der Waals surface area contributed by atoms with Gasteiger partial charge in [-0.15, -0.1) is 0 Å². The van der Waals surface area contributed by atoms with Crippen LogP contribution in [0.3, 0.4) is 0 Å². The summed E-state index contributed by atoms with van der Waals surface area (Å²) in [5.74, 6) is 1.60. The summed E-state index contributed by atoms with van der Waals surface area (Å²) in [4.78, 5) is 12.7. The Labute approximate surface area is 118 Å². The lowest BCUT2D eigenvalue weighted by Crippen LogP contribution is -2.01. The Balaban J connectivity index is 2.26. The van der Waals surface area contributed by atoms with Crippen LogP contribution in [0, 0.1) is 13.8 Å². The van der Waals surface area contributed by atoms with Crippen LogP contribution < -0.4 is 5.32 Å². The van der Waals surface area contributed by atoms with Crippen LogP contribution in [-0.4, -0.2) is 21.5 Å². The van der Waals surface area contributed by atoms with E-state index >= 15 is 0 Å². The van der Waals surface area contributed by atoms with E-state index < -0.39 is 0 Å². The minimum Gasteiger partial charge on any atom is -0.436 e. The molecule has 0 amide bonds. The number of hydrogen-bond acceptors (Lipinski definition) is 6. The molecular weight excluding hydrogens is 316 g/mol. The fraction of sp³-hybridized carbons (Fsp3) is 0.364. The van der Waals surface area contributed by atoms with E-state index in [2.05, 4.69) is 36.2 Å². The number of nitrogens with zero attached hydrogens (tertiary/aromatic N) is 3. The highest BCUT2D eigenvalue weighted by Gasteiger charge is 2.13. The van der Waals surface area contributed by atoms with Crippen LogP contribution in [-0.2, 0) is 0 Å². The maximum absolute atomic E-state index is 5.52. The highest BCUT2D eigenvalue weighted by Crippen LogP contribution is 2.34. The predicted octanol–water partition coefficient (Wildman–Crippen LogP) is 3.43. The molecule has 0 aliphatic rings. The van der Waals surface area contributed by atoms with Gasteiger partial charge in [0, 0.05) is 6.54 Å². The lowest BCUT2D eigenvalue weighted by molar-refractivity contribution is 0.431. The van der Waals surface area contributed by atoms with Crippen molar-refractivity contribution in [3.63, 3.8) is 0 Å². The molecule has 0 bridgehead atoms. The van der Waals surface area contributed by atoms with E-state index in [9.17, 15) is 0 Å². The number of anilines is 1. The molecule has 2 rings (SSSR count). The average molecular weight is 329 g/mol. The summed E-state index contributed by atoms with van der Waals surface area (Å²) in [6.45, 7) is 6.63. The van der Waals surface area contributed by atoms with Crippen LogP contribution in [0.25, 0.3) is 0 Å². The number of aryl methyl sites for hydroxylation is 2. The molecule has 2 aromatic rings. The number of hydrogen-bond donors (Lipinski definition) is 1. The molecule has 2 aromatic heterocycles. The Morgan fingerprint density at radius 3 is 2.78 bits per heavy atom. The SMILES string of the molecule is CCNc1ncnc(Sc2nc(C)c(C)o2)c1Br. The van der Waals surface area contributed by atoms with Crippen LogP contribution in [0.4, 0.5) is 5.82 Å². The molecule has 1 N–H and O–H groups in total. The lowest BCUT2D eigenvalue weighted by atomic mass is 10.4. The second-order valence-corrected chi connectivity index (χ2v) is 5.33. The molecule has 0 saturated heterocycles. The molecule has 96 valence electrons. The molecule has 0 aliphatic carbocycles. The summed E-state index contributed by atoms with van der Waals surface area (Å²) in [5.41, 5.74) is 0.898. The van der Waals surface area contributed by atoms with Crippen molar-refractivity contribution in [2.24, 2.45) is 0 Å². The Kier molecular flexibility index (Phi) is 4.23. The first-order valence-corrected chi connectivity index (χ1v) is 7.09. The van der Waals surface area contributed by atoms with Gasteiger partial charge in [-0.1, -0.05) is 0 Å². The van der Waals surface area contributed by atoms with Gasteiger partial charge < -0.3 is 9.73 Å². The molecule has 0 unspecified atom stereocenters. The van der Waals surface area contributed by atoms with Crippen molar-refractivity contribution in [1.82, 2.24) is 15.0 Å². The van der Waals surface area contributed by atoms with E-state index in [1.807, 2.05) is 20.8 Å². The summed E-state index contributed by atoms with van der Waals surface area (Å²) in [6, 6.07) is 0. The van der Waals surface area contributed by atoms with Gasteiger partial charge in [0.2, 0.25) is 0 Å². The summed E-state index contributed by atoms with van der Waals surface area (Å²) in [6.07, 6.45) is 1.52. The average Bonchev–Trinajstić information content (AvgIpc) is 2.64. The standard InChI is InChI=1S/C11H13BrN4OS/c1-4-13-9-8(12)10(15-5-14-9)18-11-16-6(2)7(3)17-11/h5H,4H2,1-3H3,(H,13,14,15). The van der Waals surface area contributed by atoms with Gasteiger partial charge in [0.05, 0.1) is 10.2 Å². The third-order valence-corrected chi connectivity index (χ3v) is 4.16. The van der Waals surface area contributed by atoms with Gasteiger partial charge in [-0.2, -0.15) is 0 Å². The van der Waals surface area contributed by atoms with Gasteiger partial charge in [-0.05, 0) is 48.5 Å². The van der Waals surface area contributed by atoms with Crippen molar-refractivity contribution < 1.29 is 4.42 Å². The highest BCUT2D eigenvalue weighted by atomic mass is 79.9. The summed E-state index contributed by atoms with van der Waals surface area (Å²) >= 11 is 4.86. The summed E-state index contributed by atoms with van der Waals surface area (Å²) < 4.78 is 6.35. The first-order chi connectivity index (χ1) is 8.61. The topological polar surface area (TPSA) is 63.8 Å². The van der Waals surface area contributed by atoms with E-state index in [1.54, 1.807) is 0 Å². The zero-order valence-corrected chi connectivity index (χ0v) is 12.7. The molecule has 0 aromatic carbocycles. The molecule has 2 heterocycles. The molecule has 0 radical (unpaired) electrons. The molecule has 18 heavy (non-hydrogen) atoms. The van der Waals surface area contributed by atoms with Crippen molar-refractivity contribution >= 4 is 33.5 Å². The number of halogens is 1. The minimum absolute atomic E-state index is 0.590. The molecule has 0 saturated carbocycles. The fourth-order valence-corrected chi connectivity index (χ4v) is 2.67. The maximum atomic E-state index is 5.52. The second-order valence-electron chi connectivity index (χ2n) is 3.60. The quantitative estimate of drug-likeness (QED) is 0.867. The number of oxazole rings is 1. The summed E-state index contributed by atoms with van der Waals surface area (Å²) in [5, 5.41) is 4.53. The highest BCUT2D eigenvalue weighted by molar-refractivity contribution is 9.10. The van der Waals surface area contributed by atoms with E-state index in [0.29, 0.717) is 5.22 Å². The zero-order chi connectivity index (χ0) is 13.1. The van der Waals surface area contributed by atoms with Crippen molar-refractivity contribution in [3.8, 4) is 0 Å². The largest absolute Gasteiger partial charge is 0.436 e. The number of rotatable bonds is 4. The number of nitrogens with one attached hydrogen (secondary N) is 1. The lowest BCUT2D eigenvalue weighted by Gasteiger charge is -2.06. The van der Waals surface area contributed by atoms with E-state index in [-0.39, 0.29) is 0 Å². The monoisotopic (exact) mass is 328 g/mol. The third kappa shape index (κ3) is 2.84. The predicted molar refractivity (Wildman–Crippen MR) is 74.0 cm³/mol. The van der Waals surface area contributed by atoms with Crippen LogP contribution in [0.2, 0.25) is 0 Å². The van der Waals surface area contributed by atoms with Gasteiger partial charge in [0.25, 0.3) is 5.22 Å². The third-order valence-electron chi connectivity index (χ3n) is 2.29. The van der Waals surface area contributed by atoms with E-state index in [0.717, 1.165) is 33.3 Å². The van der Waals surface area contributed by atoms with Crippen molar-refractivity contribution in [2.75, 3.05) is 11.9 Å². The molecule has 0 atom stereocenters. The maximum Gasteiger partial charge on any atom is 0.262 e. The van der Waals surface area contributed by atoms with Gasteiger partial charge in [0.15, 0.2) is 0 Å². The fourth-order valence-electron chi connectivity index (χ4n) is 1.29. The van der Waals surface area contributed by atoms with Gasteiger partial charge in [0.1, 0.15) is 22.9 Å². The van der Waals surface area contributed by atoms with Gasteiger partial charge in [-0.3, -0.25) is 0 Å². The Hall–Kier alpha value is -1.08. The van der Waals surface area contributed by atoms with Gasteiger partial charge >= 0.3 is 0 Å². The van der Waals surface area contributed by atoms with Gasteiger partial charge in [-0.25, -0.2) is 15.0 Å². The van der Waals surface area contributed by atoms with Crippen LogP contribution in [0.1, 0.15) is 18.4 Å². The first kappa shape index (κ1) is 13.4. The Bertz CT molecular complexity index is 538. The van der Waals surface area contributed by atoms with Crippen molar-refractivity contribution in [2.45, 2.75) is 31.0 Å². The van der Waals surface area contributed by atoms with Crippen molar-refractivity contribution in [3.05, 3.63) is 22.3 Å². The van der Waals surface area contributed by atoms with Crippen LogP contribution >= 0.6 is 27.7 Å². The van der Waals surface area contributed by atoms with Crippen LogP contribution in [0.5, 0.6) is 0 Å². The molecule has 0 fully saturated rings. The molecule has 5 nitrogen and oxygen atoms in total. The Morgan fingerprint density at radius 1 is 1.39 bits per heavy atom. The second kappa shape index (κ2) is 5.71. The van der Waals surface area contributed by atoms with Crippen molar-refractivity contribution in [1.29, 1.82) is 0 Å². The molecule has 0 aliphatic heterocycles. The Morgan fingerprint density at radius 2 is 2.17 bits per heavy atom. The zero-order valence-electron chi connectivity index (χ0n) is 10.3. The summed E-state index contributed by atoms with van der Waals surface area (Å²) in [7, 11) is 0. The van der Waals surface area contributed by atoms with E-state index in [4.69, 9.17) is 4.42 Å². The smallest absolute Gasteiger partial charge is 0.262 e. The first-order valence-electron chi connectivity index (χ1n) is 5.48.